The molecule has 2 rings (SSSR count). The number of carbonyl (C=O) groups is 1. The van der Waals surface area contributed by atoms with E-state index in [1.54, 1.807) is 25.2 Å². The summed E-state index contributed by atoms with van der Waals surface area (Å²) in [7, 11) is 3.10. The van der Waals surface area contributed by atoms with Gasteiger partial charge in [-0.15, -0.1) is 0 Å². The molecule has 0 fully saturated rings. The number of hydrogen-bond acceptors (Lipinski definition) is 6. The van der Waals surface area contributed by atoms with Gasteiger partial charge in [0, 0.05) is 12.6 Å². The zero-order chi connectivity index (χ0) is 18.9. The predicted molar refractivity (Wildman–Crippen MR) is 104 cm³/mol. The van der Waals surface area contributed by atoms with Gasteiger partial charge in [0.05, 0.1) is 13.2 Å². The fourth-order valence-electron chi connectivity index (χ4n) is 1.96. The number of para-hydroxylation sites is 2. The van der Waals surface area contributed by atoms with Gasteiger partial charge in [-0.25, -0.2) is 9.10 Å². The monoisotopic (exact) mass is 374 g/mol. The van der Waals surface area contributed by atoms with Crippen molar-refractivity contribution in [2.24, 2.45) is 4.40 Å². The van der Waals surface area contributed by atoms with Crippen LogP contribution in [0, 0.1) is 0 Å². The smallest absolute Gasteiger partial charge is 0.426 e. The molecule has 0 heterocycles. The molecule has 0 aromatic heterocycles. The molecule has 7 heteroatoms. The second kappa shape index (κ2) is 9.72. The van der Waals surface area contributed by atoms with Crippen LogP contribution < -0.4 is 9.47 Å². The van der Waals surface area contributed by atoms with Crippen molar-refractivity contribution in [2.75, 3.05) is 14.2 Å². The molecule has 1 amide bonds. The van der Waals surface area contributed by atoms with Gasteiger partial charge in [-0.2, -0.15) is 4.40 Å². The van der Waals surface area contributed by atoms with Crippen LogP contribution in [0.2, 0.25) is 0 Å². The van der Waals surface area contributed by atoms with Crippen LogP contribution in [0.1, 0.15) is 19.4 Å². The molecule has 6 nitrogen and oxygen atoms in total. The van der Waals surface area contributed by atoms with E-state index in [9.17, 15) is 4.79 Å². The first-order valence-corrected chi connectivity index (χ1v) is 8.80. The molecular weight excluding hydrogens is 352 g/mol. The molecule has 0 N–H and O–H groups in total. The average Bonchev–Trinajstić information content (AvgIpc) is 2.64. The largest absolute Gasteiger partial charge is 0.487 e. The zero-order valence-electron chi connectivity index (χ0n) is 15.2. The van der Waals surface area contributed by atoms with Crippen molar-refractivity contribution in [2.45, 2.75) is 20.0 Å². The highest BCUT2D eigenvalue weighted by molar-refractivity contribution is 7.96. The van der Waals surface area contributed by atoms with Gasteiger partial charge in [-0.05, 0) is 38.1 Å². The van der Waals surface area contributed by atoms with Crippen molar-refractivity contribution < 1.29 is 19.0 Å². The molecular formula is C19H22N2O4S. The lowest BCUT2D eigenvalue weighted by Gasteiger charge is -2.16. The molecule has 0 aliphatic heterocycles. The number of amides is 1. The number of nitrogens with zero attached hydrogens (tertiary/aromatic N) is 2. The summed E-state index contributed by atoms with van der Waals surface area (Å²) in [5.74, 6) is 1.29. The Morgan fingerprint density at radius 1 is 1.04 bits per heavy atom. The summed E-state index contributed by atoms with van der Waals surface area (Å²) in [5, 5.41) is 0. The third-order valence-corrected chi connectivity index (χ3v) is 3.77. The third kappa shape index (κ3) is 5.70. The summed E-state index contributed by atoms with van der Waals surface area (Å²) in [4.78, 5) is 12.3. The highest BCUT2D eigenvalue weighted by atomic mass is 32.2. The van der Waals surface area contributed by atoms with Crippen LogP contribution in [0.4, 0.5) is 4.79 Å². The van der Waals surface area contributed by atoms with Gasteiger partial charge in [0.25, 0.3) is 0 Å². The Labute approximate surface area is 158 Å². The number of carbonyl (C=O) groups excluding carboxylic acids is 1. The second-order valence-corrected chi connectivity index (χ2v) is 6.42. The maximum absolute atomic E-state index is 12.3. The van der Waals surface area contributed by atoms with Gasteiger partial charge < -0.3 is 14.2 Å². The van der Waals surface area contributed by atoms with Crippen molar-refractivity contribution in [3.63, 3.8) is 0 Å². The summed E-state index contributed by atoms with van der Waals surface area (Å²) < 4.78 is 21.9. The van der Waals surface area contributed by atoms with E-state index < -0.39 is 6.09 Å². The lowest BCUT2D eigenvalue weighted by atomic mass is 10.2. The Bertz CT molecular complexity index is 750. The Morgan fingerprint density at radius 3 is 2.27 bits per heavy atom. The van der Waals surface area contributed by atoms with Crippen LogP contribution in [-0.4, -0.2) is 36.6 Å². The molecule has 0 bridgehead atoms. The summed E-state index contributed by atoms with van der Waals surface area (Å²) in [6, 6.07) is 16.5. The van der Waals surface area contributed by atoms with Gasteiger partial charge >= 0.3 is 6.09 Å². The third-order valence-electron chi connectivity index (χ3n) is 3.13. The van der Waals surface area contributed by atoms with Crippen molar-refractivity contribution in [1.29, 1.82) is 0 Å². The summed E-state index contributed by atoms with van der Waals surface area (Å²) in [6.45, 7) is 3.82. The van der Waals surface area contributed by atoms with Crippen LogP contribution in [0.15, 0.2) is 59.0 Å². The molecule has 0 spiro atoms. The normalized spacial score (nSPS) is 11.2. The van der Waals surface area contributed by atoms with Gasteiger partial charge in [0.1, 0.15) is 12.1 Å². The Hall–Kier alpha value is -2.67. The highest BCUT2D eigenvalue weighted by Crippen LogP contribution is 2.28. The van der Waals surface area contributed by atoms with E-state index in [4.69, 9.17) is 14.2 Å². The topological polar surface area (TPSA) is 60.4 Å². The lowest BCUT2D eigenvalue weighted by molar-refractivity contribution is 0.180. The molecule has 0 aliphatic carbocycles. The zero-order valence-corrected chi connectivity index (χ0v) is 16.0. The maximum atomic E-state index is 12.3. The SMILES string of the molecule is COC(=NSN(C)C(=O)Oc1ccccc1OC(C)C)c1ccccc1. The molecule has 2 aromatic carbocycles. The second-order valence-electron chi connectivity index (χ2n) is 5.53. The first-order chi connectivity index (χ1) is 12.5. The molecule has 0 saturated heterocycles. The maximum Gasteiger partial charge on any atom is 0.426 e. The number of ether oxygens (including phenoxy) is 3. The van der Waals surface area contributed by atoms with Gasteiger partial charge in [-0.1, -0.05) is 30.3 Å². The van der Waals surface area contributed by atoms with E-state index in [0.717, 1.165) is 17.7 Å². The fourth-order valence-corrected chi connectivity index (χ4v) is 2.44. The lowest BCUT2D eigenvalue weighted by Crippen LogP contribution is -2.23. The molecule has 26 heavy (non-hydrogen) atoms. The minimum absolute atomic E-state index is 0.0262. The number of methoxy groups -OCH3 is 1. The van der Waals surface area contributed by atoms with Crippen LogP contribution in [0.25, 0.3) is 0 Å². The Balaban J connectivity index is 2.03. The number of hydrogen-bond donors (Lipinski definition) is 0. The average molecular weight is 374 g/mol. The number of rotatable bonds is 6. The first kappa shape index (κ1) is 19.7. The van der Waals surface area contributed by atoms with E-state index in [2.05, 4.69) is 4.40 Å². The van der Waals surface area contributed by atoms with Crippen molar-refractivity contribution in [1.82, 2.24) is 4.31 Å². The van der Waals surface area contributed by atoms with Gasteiger partial charge in [-0.3, -0.25) is 0 Å². The molecule has 2 aromatic rings. The van der Waals surface area contributed by atoms with Crippen LogP contribution in [-0.2, 0) is 4.74 Å². The van der Waals surface area contributed by atoms with Gasteiger partial charge in [0.15, 0.2) is 11.5 Å². The van der Waals surface area contributed by atoms with Crippen molar-refractivity contribution in [3.05, 3.63) is 60.2 Å². The molecule has 0 saturated carbocycles. The van der Waals surface area contributed by atoms with Crippen LogP contribution >= 0.6 is 12.1 Å². The van der Waals surface area contributed by atoms with Crippen molar-refractivity contribution >= 4 is 24.1 Å². The van der Waals surface area contributed by atoms with E-state index >= 15 is 0 Å². The molecule has 0 radical (unpaired) electrons. The van der Waals surface area contributed by atoms with Gasteiger partial charge in [0.2, 0.25) is 5.90 Å². The summed E-state index contributed by atoms with van der Waals surface area (Å²) in [5.41, 5.74) is 0.819. The van der Waals surface area contributed by atoms with E-state index in [1.807, 2.05) is 50.2 Å². The molecule has 138 valence electrons. The molecule has 0 atom stereocenters. The Kier molecular flexibility index (Phi) is 7.35. The minimum Gasteiger partial charge on any atom is -0.487 e. The highest BCUT2D eigenvalue weighted by Gasteiger charge is 2.16. The van der Waals surface area contributed by atoms with Crippen LogP contribution in [0.3, 0.4) is 0 Å². The molecule has 0 unspecified atom stereocenters. The van der Waals surface area contributed by atoms with E-state index in [1.165, 1.54) is 11.4 Å². The Morgan fingerprint density at radius 2 is 1.65 bits per heavy atom. The quantitative estimate of drug-likeness (QED) is 0.421. The first-order valence-electron chi connectivity index (χ1n) is 8.07. The van der Waals surface area contributed by atoms with E-state index in [-0.39, 0.29) is 6.10 Å². The van der Waals surface area contributed by atoms with E-state index in [0.29, 0.717) is 17.4 Å². The minimum atomic E-state index is -0.568. The standard InChI is InChI=1S/C19H22N2O4S/c1-14(2)24-16-12-8-9-13-17(16)25-19(22)21(3)26-20-18(23-4)15-10-6-5-7-11-15/h5-14H,1-4H3. The molecule has 0 aliphatic rings. The summed E-state index contributed by atoms with van der Waals surface area (Å²) in [6.07, 6.45) is -0.594. The predicted octanol–water partition coefficient (Wildman–Crippen LogP) is 4.56. The van der Waals surface area contributed by atoms with Crippen LogP contribution in [0.5, 0.6) is 11.5 Å². The number of benzene rings is 2. The van der Waals surface area contributed by atoms with Crippen molar-refractivity contribution in [3.8, 4) is 11.5 Å². The fraction of sp³-hybridized carbons (Fsp3) is 0.263. The summed E-state index contributed by atoms with van der Waals surface area (Å²) >= 11 is 0.932.